The van der Waals surface area contributed by atoms with Gasteiger partial charge in [0.1, 0.15) is 18.2 Å². The van der Waals surface area contributed by atoms with E-state index in [2.05, 4.69) is 15.9 Å². The van der Waals surface area contributed by atoms with Crippen molar-refractivity contribution < 1.29 is 9.66 Å². The summed E-state index contributed by atoms with van der Waals surface area (Å²) in [6, 6.07) is 4.13. The Morgan fingerprint density at radius 3 is 2.87 bits per heavy atom. The molecule has 15 heavy (non-hydrogen) atoms. The first-order chi connectivity index (χ1) is 7.00. The second-order valence-corrected chi connectivity index (χ2v) is 3.54. The summed E-state index contributed by atoms with van der Waals surface area (Å²) >= 11 is 3.17. The Hall–Kier alpha value is -1.63. The molecule has 0 aliphatic carbocycles. The summed E-state index contributed by atoms with van der Waals surface area (Å²) in [5.74, 6) is 0.146. The highest BCUT2D eigenvalue weighted by Gasteiger charge is 2.10. The fraction of sp³-hybridized carbons (Fsp3) is 0.125. The average Bonchev–Trinajstić information content (AvgIpc) is 2.16. The number of hydrogen-bond acceptors (Lipinski definition) is 4. The number of nitrogens with two attached hydrogens (primary N) is 1. The average molecular weight is 274 g/mol. The predicted octanol–water partition coefficient (Wildman–Crippen LogP) is 1.67. The lowest BCUT2D eigenvalue weighted by atomic mass is 10.3. The van der Waals surface area contributed by atoms with E-state index in [1.54, 1.807) is 0 Å². The van der Waals surface area contributed by atoms with Crippen LogP contribution in [0.5, 0.6) is 5.75 Å². The minimum atomic E-state index is -0.521. The summed E-state index contributed by atoms with van der Waals surface area (Å²) in [7, 11) is 0. The smallest absolute Gasteiger partial charge is 0.273 e. The second kappa shape index (κ2) is 4.74. The van der Waals surface area contributed by atoms with Gasteiger partial charge in [-0.1, -0.05) is 0 Å². The molecular formula is C8H8BrN3O3. The topological polar surface area (TPSA) is 102 Å². The summed E-state index contributed by atoms with van der Waals surface area (Å²) in [5, 5.41) is 17.4. The van der Waals surface area contributed by atoms with Crippen LogP contribution in [0.3, 0.4) is 0 Å². The van der Waals surface area contributed by atoms with Crippen molar-refractivity contribution in [1.82, 2.24) is 0 Å². The van der Waals surface area contributed by atoms with E-state index in [9.17, 15) is 10.1 Å². The van der Waals surface area contributed by atoms with E-state index in [1.807, 2.05) is 0 Å². The van der Waals surface area contributed by atoms with Gasteiger partial charge < -0.3 is 10.5 Å². The molecular weight excluding hydrogens is 266 g/mol. The van der Waals surface area contributed by atoms with Crippen LogP contribution in [0.15, 0.2) is 22.7 Å². The lowest BCUT2D eigenvalue weighted by Gasteiger charge is -2.06. The number of nitro benzene ring substituents is 1. The highest BCUT2D eigenvalue weighted by Crippen LogP contribution is 2.29. The molecule has 0 atom stereocenters. The molecule has 1 aromatic rings. The van der Waals surface area contributed by atoms with Crippen molar-refractivity contribution in [2.75, 3.05) is 6.61 Å². The third-order valence-electron chi connectivity index (χ3n) is 1.51. The van der Waals surface area contributed by atoms with Gasteiger partial charge in [-0.25, -0.2) is 0 Å². The first-order valence-electron chi connectivity index (χ1n) is 3.90. The fourth-order valence-electron chi connectivity index (χ4n) is 0.872. The van der Waals surface area contributed by atoms with Crippen LogP contribution in [0.4, 0.5) is 5.69 Å². The number of amidine groups is 1. The van der Waals surface area contributed by atoms with Crippen molar-refractivity contribution in [1.29, 1.82) is 5.41 Å². The molecule has 0 unspecified atom stereocenters. The monoisotopic (exact) mass is 273 g/mol. The number of halogens is 1. The Labute approximate surface area is 93.8 Å². The number of ether oxygens (including phenoxy) is 1. The molecule has 0 bridgehead atoms. The van der Waals surface area contributed by atoms with Gasteiger partial charge in [-0.3, -0.25) is 15.5 Å². The van der Waals surface area contributed by atoms with Gasteiger partial charge >= 0.3 is 0 Å². The number of benzene rings is 1. The maximum absolute atomic E-state index is 10.5. The highest BCUT2D eigenvalue weighted by molar-refractivity contribution is 9.10. The van der Waals surface area contributed by atoms with E-state index in [4.69, 9.17) is 15.9 Å². The maximum atomic E-state index is 10.5. The Balaban J connectivity index is 2.90. The van der Waals surface area contributed by atoms with Crippen molar-refractivity contribution in [2.24, 2.45) is 5.73 Å². The number of nitrogens with one attached hydrogen (secondary N) is 1. The Bertz CT molecular complexity index is 408. The zero-order valence-corrected chi connectivity index (χ0v) is 9.15. The van der Waals surface area contributed by atoms with E-state index < -0.39 is 4.92 Å². The number of rotatable bonds is 4. The third-order valence-corrected chi connectivity index (χ3v) is 2.16. The van der Waals surface area contributed by atoms with Gasteiger partial charge in [0.15, 0.2) is 0 Å². The zero-order valence-electron chi connectivity index (χ0n) is 7.57. The largest absolute Gasteiger partial charge is 0.484 e. The van der Waals surface area contributed by atoms with Crippen molar-refractivity contribution in [3.63, 3.8) is 0 Å². The molecule has 0 spiro atoms. The summed E-state index contributed by atoms with van der Waals surface area (Å²) in [6.07, 6.45) is 0. The Morgan fingerprint density at radius 1 is 1.67 bits per heavy atom. The molecule has 80 valence electrons. The molecule has 1 rings (SSSR count). The molecule has 7 heteroatoms. The normalized spacial score (nSPS) is 9.67. The van der Waals surface area contributed by atoms with Crippen LogP contribution in [-0.2, 0) is 0 Å². The first kappa shape index (κ1) is 11.4. The lowest BCUT2D eigenvalue weighted by molar-refractivity contribution is -0.384. The molecule has 6 nitrogen and oxygen atoms in total. The molecule has 0 aliphatic rings. The van der Waals surface area contributed by atoms with Crippen molar-refractivity contribution >= 4 is 27.5 Å². The molecule has 0 radical (unpaired) electrons. The fourth-order valence-corrected chi connectivity index (χ4v) is 1.23. The second-order valence-electron chi connectivity index (χ2n) is 2.69. The quantitative estimate of drug-likeness (QED) is 0.377. The maximum Gasteiger partial charge on any atom is 0.273 e. The van der Waals surface area contributed by atoms with Crippen LogP contribution in [0.1, 0.15) is 0 Å². The number of non-ortho nitro benzene ring substituents is 1. The minimum absolute atomic E-state index is 0.0725. The van der Waals surface area contributed by atoms with Gasteiger partial charge in [-0.15, -0.1) is 0 Å². The molecule has 0 saturated carbocycles. The van der Waals surface area contributed by atoms with E-state index in [1.165, 1.54) is 18.2 Å². The third kappa shape index (κ3) is 3.21. The van der Waals surface area contributed by atoms with Gasteiger partial charge in [0.05, 0.1) is 15.5 Å². The van der Waals surface area contributed by atoms with E-state index in [0.717, 1.165) is 0 Å². The molecule has 0 aliphatic heterocycles. The van der Waals surface area contributed by atoms with Gasteiger partial charge in [0.25, 0.3) is 5.69 Å². The molecule has 0 saturated heterocycles. The van der Waals surface area contributed by atoms with Crippen LogP contribution in [-0.4, -0.2) is 17.4 Å². The van der Waals surface area contributed by atoms with Crippen LogP contribution < -0.4 is 10.5 Å². The van der Waals surface area contributed by atoms with Gasteiger partial charge in [0, 0.05) is 6.07 Å². The number of nitro groups is 1. The summed E-state index contributed by atoms with van der Waals surface area (Å²) < 4.78 is 5.67. The molecule has 0 aromatic heterocycles. The highest BCUT2D eigenvalue weighted by atomic mass is 79.9. The summed E-state index contributed by atoms with van der Waals surface area (Å²) in [4.78, 5) is 9.95. The van der Waals surface area contributed by atoms with Gasteiger partial charge in [-0.2, -0.15) is 0 Å². The molecule has 0 fully saturated rings. The van der Waals surface area contributed by atoms with Crippen molar-refractivity contribution in [3.05, 3.63) is 32.8 Å². The standard InChI is InChI=1S/C8H8BrN3O3/c9-6-2-1-5(12(13)14)3-7(6)15-4-8(10)11/h1-3H,4H2,(H3,10,11). The Morgan fingerprint density at radius 2 is 2.33 bits per heavy atom. The molecule has 0 amide bonds. The van der Waals surface area contributed by atoms with Gasteiger partial charge in [0.2, 0.25) is 0 Å². The van der Waals surface area contributed by atoms with E-state index in [-0.39, 0.29) is 18.1 Å². The SMILES string of the molecule is N=C(N)COc1cc([N+](=O)[O-])ccc1Br. The first-order valence-corrected chi connectivity index (χ1v) is 4.69. The van der Waals surface area contributed by atoms with Crippen LogP contribution in [0.2, 0.25) is 0 Å². The molecule has 0 heterocycles. The van der Waals surface area contributed by atoms with Crippen LogP contribution in [0.25, 0.3) is 0 Å². The molecule has 3 N–H and O–H groups in total. The lowest BCUT2D eigenvalue weighted by Crippen LogP contribution is -2.19. The number of hydrogen-bond donors (Lipinski definition) is 2. The Kier molecular flexibility index (Phi) is 3.62. The van der Waals surface area contributed by atoms with E-state index in [0.29, 0.717) is 10.2 Å². The summed E-state index contributed by atoms with van der Waals surface area (Å²) in [5.41, 5.74) is 5.02. The van der Waals surface area contributed by atoms with Crippen LogP contribution >= 0.6 is 15.9 Å². The van der Waals surface area contributed by atoms with Crippen molar-refractivity contribution in [3.8, 4) is 5.75 Å². The van der Waals surface area contributed by atoms with Gasteiger partial charge in [-0.05, 0) is 22.0 Å². The number of nitrogens with zero attached hydrogens (tertiary/aromatic N) is 1. The van der Waals surface area contributed by atoms with Crippen molar-refractivity contribution in [2.45, 2.75) is 0 Å². The minimum Gasteiger partial charge on any atom is -0.484 e. The predicted molar refractivity (Wildman–Crippen MR) is 58.2 cm³/mol. The van der Waals surface area contributed by atoms with E-state index >= 15 is 0 Å². The zero-order chi connectivity index (χ0) is 11.4. The summed E-state index contributed by atoms with van der Waals surface area (Å²) in [6.45, 7) is -0.0975. The molecule has 1 aromatic carbocycles. The van der Waals surface area contributed by atoms with Crippen LogP contribution in [0, 0.1) is 15.5 Å².